The molecule has 2 N–H and O–H groups in total. The second kappa shape index (κ2) is 9.86. The Labute approximate surface area is 135 Å². The van der Waals surface area contributed by atoms with E-state index in [1.165, 1.54) is 23.2 Å². The first-order valence-corrected chi connectivity index (χ1v) is 7.18. The van der Waals surface area contributed by atoms with E-state index in [1.54, 1.807) is 32.4 Å². The van der Waals surface area contributed by atoms with Gasteiger partial charge in [0.15, 0.2) is 5.11 Å². The molecule has 0 aromatic heterocycles. The number of methoxy groups -OCH3 is 1. The first-order valence-electron chi connectivity index (χ1n) is 6.77. The Morgan fingerprint density at radius 3 is 2.73 bits per heavy atom. The highest BCUT2D eigenvalue weighted by Gasteiger charge is 2.05. The number of hydrogen-bond donors (Lipinski definition) is 2. The predicted octanol–water partition coefficient (Wildman–Crippen LogP) is 1.71. The summed E-state index contributed by atoms with van der Waals surface area (Å²) >= 11 is 5.13. The lowest BCUT2D eigenvalue weighted by Gasteiger charge is -2.20. The van der Waals surface area contributed by atoms with E-state index >= 15 is 0 Å². The molecule has 0 aliphatic rings. The second-order valence-corrected chi connectivity index (χ2v) is 4.88. The molecule has 0 saturated carbocycles. The summed E-state index contributed by atoms with van der Waals surface area (Å²) < 4.78 is 17.7. The minimum atomic E-state index is -0.326. The summed E-state index contributed by atoms with van der Waals surface area (Å²) in [4.78, 5) is 11.8. The average molecular weight is 325 g/mol. The van der Waals surface area contributed by atoms with Crippen molar-refractivity contribution in [2.75, 3.05) is 27.3 Å². The van der Waals surface area contributed by atoms with Crippen molar-refractivity contribution >= 4 is 29.3 Å². The highest BCUT2D eigenvalue weighted by molar-refractivity contribution is 7.80. The SMILES string of the molecule is COCCCNC(=S)N(C)NC(=O)/C=C/c1ccc(F)cc1. The number of ether oxygens (including phenoxy) is 1. The van der Waals surface area contributed by atoms with Crippen LogP contribution >= 0.6 is 12.2 Å². The summed E-state index contributed by atoms with van der Waals surface area (Å²) in [5, 5.41) is 4.85. The van der Waals surface area contributed by atoms with Crippen LogP contribution < -0.4 is 10.7 Å². The Hall–Kier alpha value is -1.99. The van der Waals surface area contributed by atoms with Crippen molar-refractivity contribution in [3.05, 3.63) is 41.7 Å². The molecule has 0 aliphatic heterocycles. The van der Waals surface area contributed by atoms with Gasteiger partial charge in [0.05, 0.1) is 0 Å². The minimum Gasteiger partial charge on any atom is -0.385 e. The normalized spacial score (nSPS) is 10.5. The van der Waals surface area contributed by atoms with Gasteiger partial charge in [-0.15, -0.1) is 0 Å². The standard InChI is InChI=1S/C15H20FN3O2S/c1-19(15(22)17-10-3-11-21-2)18-14(20)9-6-12-4-7-13(16)8-5-12/h4-9H,3,10-11H2,1-2H3,(H,17,22)(H,18,20)/b9-6+. The summed E-state index contributed by atoms with van der Waals surface area (Å²) in [5.41, 5.74) is 3.34. The minimum absolute atomic E-state index is 0.314. The first-order chi connectivity index (χ1) is 10.5. The molecule has 22 heavy (non-hydrogen) atoms. The topological polar surface area (TPSA) is 53.6 Å². The molecule has 0 atom stereocenters. The fourth-order valence-electron chi connectivity index (χ4n) is 1.53. The van der Waals surface area contributed by atoms with Crippen LogP contribution in [0.25, 0.3) is 6.08 Å². The maximum atomic E-state index is 12.8. The summed E-state index contributed by atoms with van der Waals surface area (Å²) in [7, 11) is 3.29. The maximum Gasteiger partial charge on any atom is 0.262 e. The van der Waals surface area contributed by atoms with Crippen molar-refractivity contribution in [1.29, 1.82) is 0 Å². The summed E-state index contributed by atoms with van der Waals surface area (Å²) in [6.07, 6.45) is 3.78. The maximum absolute atomic E-state index is 12.8. The Kier molecular flexibility index (Phi) is 8.09. The fraction of sp³-hybridized carbons (Fsp3) is 0.333. The lowest BCUT2D eigenvalue weighted by molar-refractivity contribution is -0.119. The number of halogens is 1. The third kappa shape index (κ3) is 7.14. The number of nitrogens with zero attached hydrogens (tertiary/aromatic N) is 1. The molecule has 1 aromatic carbocycles. The number of benzene rings is 1. The van der Waals surface area contributed by atoms with Gasteiger partial charge < -0.3 is 10.1 Å². The van der Waals surface area contributed by atoms with Crippen LogP contribution in [0.1, 0.15) is 12.0 Å². The fourth-order valence-corrected chi connectivity index (χ4v) is 1.68. The number of carbonyl (C=O) groups excluding carboxylic acids is 1. The zero-order chi connectivity index (χ0) is 16.4. The van der Waals surface area contributed by atoms with Crippen molar-refractivity contribution in [2.24, 2.45) is 0 Å². The van der Waals surface area contributed by atoms with E-state index in [-0.39, 0.29) is 11.7 Å². The number of hydrogen-bond acceptors (Lipinski definition) is 3. The molecule has 120 valence electrons. The van der Waals surface area contributed by atoms with E-state index in [1.807, 2.05) is 0 Å². The highest BCUT2D eigenvalue weighted by Crippen LogP contribution is 2.04. The van der Waals surface area contributed by atoms with Gasteiger partial charge >= 0.3 is 0 Å². The molecular weight excluding hydrogens is 305 g/mol. The molecule has 1 aromatic rings. The van der Waals surface area contributed by atoms with Crippen molar-refractivity contribution in [3.63, 3.8) is 0 Å². The van der Waals surface area contributed by atoms with Crippen LogP contribution in [-0.4, -0.2) is 43.3 Å². The van der Waals surface area contributed by atoms with Crippen LogP contribution in [0.3, 0.4) is 0 Å². The van der Waals surface area contributed by atoms with Gasteiger partial charge in [-0.25, -0.2) is 4.39 Å². The zero-order valence-electron chi connectivity index (χ0n) is 12.6. The number of hydrazine groups is 1. The van der Waals surface area contributed by atoms with Crippen LogP contribution in [-0.2, 0) is 9.53 Å². The van der Waals surface area contributed by atoms with Crippen LogP contribution in [0.5, 0.6) is 0 Å². The molecule has 0 spiro atoms. The number of rotatable bonds is 6. The van der Waals surface area contributed by atoms with E-state index in [2.05, 4.69) is 10.7 Å². The summed E-state index contributed by atoms with van der Waals surface area (Å²) in [6.45, 7) is 1.31. The van der Waals surface area contributed by atoms with E-state index < -0.39 is 0 Å². The Balaban J connectivity index is 2.36. The van der Waals surface area contributed by atoms with Crippen LogP contribution in [0.4, 0.5) is 4.39 Å². The highest BCUT2D eigenvalue weighted by atomic mass is 32.1. The lowest BCUT2D eigenvalue weighted by Crippen LogP contribution is -2.47. The van der Waals surface area contributed by atoms with Gasteiger partial charge in [0.25, 0.3) is 5.91 Å². The molecular formula is C15H20FN3O2S. The zero-order valence-corrected chi connectivity index (χ0v) is 13.5. The molecule has 0 fully saturated rings. The smallest absolute Gasteiger partial charge is 0.262 e. The molecule has 1 rings (SSSR count). The third-order valence-electron chi connectivity index (χ3n) is 2.68. The van der Waals surface area contributed by atoms with Crippen molar-refractivity contribution in [2.45, 2.75) is 6.42 Å². The average Bonchev–Trinajstić information content (AvgIpc) is 2.50. The number of thiocarbonyl (C=S) groups is 1. The molecule has 0 saturated heterocycles. The number of amides is 1. The van der Waals surface area contributed by atoms with Gasteiger partial charge in [0.2, 0.25) is 0 Å². The summed E-state index contributed by atoms with van der Waals surface area (Å²) in [5.74, 6) is -0.640. The molecule has 7 heteroatoms. The Bertz CT molecular complexity index is 520. The molecule has 5 nitrogen and oxygen atoms in total. The van der Waals surface area contributed by atoms with Crippen molar-refractivity contribution in [3.8, 4) is 0 Å². The quantitative estimate of drug-likeness (QED) is 0.361. The largest absolute Gasteiger partial charge is 0.385 e. The molecule has 0 heterocycles. The lowest BCUT2D eigenvalue weighted by atomic mass is 10.2. The van der Waals surface area contributed by atoms with E-state index in [0.29, 0.717) is 18.3 Å². The van der Waals surface area contributed by atoms with Crippen LogP contribution in [0, 0.1) is 5.82 Å². The molecule has 1 amide bonds. The number of nitrogens with one attached hydrogen (secondary N) is 2. The predicted molar refractivity (Wildman–Crippen MR) is 88.4 cm³/mol. The second-order valence-electron chi connectivity index (χ2n) is 4.50. The molecule has 0 aliphatic carbocycles. The Morgan fingerprint density at radius 1 is 1.41 bits per heavy atom. The monoisotopic (exact) mass is 325 g/mol. The number of carbonyl (C=O) groups is 1. The van der Waals surface area contributed by atoms with Gasteiger partial charge in [0.1, 0.15) is 5.82 Å². The van der Waals surface area contributed by atoms with Crippen LogP contribution in [0.15, 0.2) is 30.3 Å². The van der Waals surface area contributed by atoms with E-state index in [0.717, 1.165) is 12.0 Å². The Morgan fingerprint density at radius 2 is 2.09 bits per heavy atom. The van der Waals surface area contributed by atoms with Gasteiger partial charge in [-0.05, 0) is 42.4 Å². The first kappa shape index (κ1) is 18.1. The molecule has 0 unspecified atom stereocenters. The van der Waals surface area contributed by atoms with Crippen molar-refractivity contribution < 1.29 is 13.9 Å². The molecule has 0 bridgehead atoms. The van der Waals surface area contributed by atoms with Gasteiger partial charge in [-0.2, -0.15) is 0 Å². The molecule has 0 radical (unpaired) electrons. The summed E-state index contributed by atoms with van der Waals surface area (Å²) in [6, 6.07) is 5.85. The van der Waals surface area contributed by atoms with Gasteiger partial charge in [-0.3, -0.25) is 15.2 Å². The van der Waals surface area contributed by atoms with E-state index in [4.69, 9.17) is 17.0 Å². The van der Waals surface area contributed by atoms with Gasteiger partial charge in [-0.1, -0.05) is 12.1 Å². The van der Waals surface area contributed by atoms with E-state index in [9.17, 15) is 9.18 Å². The van der Waals surface area contributed by atoms with Crippen molar-refractivity contribution in [1.82, 2.24) is 15.8 Å². The van der Waals surface area contributed by atoms with Crippen LogP contribution in [0.2, 0.25) is 0 Å². The van der Waals surface area contributed by atoms with Gasteiger partial charge in [0, 0.05) is 33.4 Å². The third-order valence-corrected chi connectivity index (χ3v) is 3.10.